The molecule has 0 unspecified atom stereocenters. The molecule has 0 aromatic heterocycles. The van der Waals surface area contributed by atoms with Gasteiger partial charge in [-0.2, -0.15) is 0 Å². The highest BCUT2D eigenvalue weighted by Gasteiger charge is 2.52. The Morgan fingerprint density at radius 1 is 0.933 bits per heavy atom. The van der Waals surface area contributed by atoms with Crippen molar-refractivity contribution in [2.45, 2.75) is 31.9 Å². The minimum Gasteiger partial charge on any atom is -0.496 e. The number of carbonyl (C=O) groups is 2. The lowest BCUT2D eigenvalue weighted by atomic mass is 9.94. The second-order valence-corrected chi connectivity index (χ2v) is 7.13. The predicted molar refractivity (Wildman–Crippen MR) is 111 cm³/mol. The third-order valence-electron chi connectivity index (χ3n) is 5.50. The number of ether oxygens (including phenoxy) is 4. The normalized spacial score (nSPS) is 13.9. The Balaban J connectivity index is 1.91. The van der Waals surface area contributed by atoms with E-state index in [0.717, 1.165) is 16.7 Å². The number of nitrogens with zero attached hydrogens (tertiary/aromatic N) is 1. The van der Waals surface area contributed by atoms with Gasteiger partial charge in [0.2, 0.25) is 0 Å². The second-order valence-electron chi connectivity index (χ2n) is 7.13. The molecule has 0 bridgehead atoms. The summed E-state index contributed by atoms with van der Waals surface area (Å²) >= 11 is 0. The summed E-state index contributed by atoms with van der Waals surface area (Å²) in [6, 6.07) is 13.0. The Labute approximate surface area is 176 Å². The number of likely N-dealkylation sites (N-methyl/N-ethyl adjacent to an activating group) is 1. The summed E-state index contributed by atoms with van der Waals surface area (Å²) in [6.45, 7) is 2.06. The van der Waals surface area contributed by atoms with Crippen molar-refractivity contribution < 1.29 is 28.5 Å². The maximum atomic E-state index is 13.1. The molecule has 2 aromatic rings. The van der Waals surface area contributed by atoms with Crippen LogP contribution in [0.5, 0.6) is 11.5 Å². The molecule has 0 heterocycles. The van der Waals surface area contributed by atoms with Gasteiger partial charge in [-0.05, 0) is 24.6 Å². The molecule has 0 fully saturated rings. The zero-order chi connectivity index (χ0) is 21.7. The van der Waals surface area contributed by atoms with Crippen LogP contribution in [0.4, 0.5) is 4.79 Å². The average Bonchev–Trinajstić information content (AvgIpc) is 3.19. The van der Waals surface area contributed by atoms with E-state index in [2.05, 4.69) is 0 Å². The maximum absolute atomic E-state index is 13.1. The first kappa shape index (κ1) is 21.5. The Kier molecular flexibility index (Phi) is 6.50. The van der Waals surface area contributed by atoms with Crippen LogP contribution in [0.1, 0.15) is 23.6 Å². The van der Waals surface area contributed by atoms with Gasteiger partial charge in [0, 0.05) is 31.0 Å². The number of esters is 1. The fraction of sp³-hybridized carbons (Fsp3) is 0.391. The summed E-state index contributed by atoms with van der Waals surface area (Å²) in [7, 11) is 4.71. The molecular formula is C23H27NO6. The lowest BCUT2D eigenvalue weighted by molar-refractivity contribution is -0.155. The van der Waals surface area contributed by atoms with Crippen LogP contribution in [0.2, 0.25) is 0 Å². The number of hydrogen-bond acceptors (Lipinski definition) is 6. The van der Waals surface area contributed by atoms with Crippen molar-refractivity contribution in [3.05, 3.63) is 59.2 Å². The van der Waals surface area contributed by atoms with Gasteiger partial charge in [0.15, 0.2) is 5.54 Å². The lowest BCUT2D eigenvalue weighted by Gasteiger charge is -2.35. The fourth-order valence-electron chi connectivity index (χ4n) is 3.84. The summed E-state index contributed by atoms with van der Waals surface area (Å²) in [5, 5.41) is 0. The molecule has 2 aromatic carbocycles. The van der Waals surface area contributed by atoms with E-state index in [4.69, 9.17) is 18.9 Å². The molecule has 0 saturated heterocycles. The quantitative estimate of drug-likeness (QED) is 0.648. The van der Waals surface area contributed by atoms with E-state index in [-0.39, 0.29) is 26.1 Å². The highest BCUT2D eigenvalue weighted by Crippen LogP contribution is 2.44. The Bertz CT molecular complexity index is 878. The molecule has 30 heavy (non-hydrogen) atoms. The van der Waals surface area contributed by atoms with Crippen molar-refractivity contribution in [1.82, 2.24) is 4.90 Å². The first-order chi connectivity index (χ1) is 14.5. The number of hydrogen-bond donors (Lipinski definition) is 0. The standard InChI is InChI=1S/C23H27NO6/c1-5-29-21(25)23(24(2)22(26)30-15-16-9-7-6-8-10-16)13-17-18(14-23)20(28-4)12-11-19(17)27-3/h6-12H,5,13-15H2,1-4H3. The van der Waals surface area contributed by atoms with E-state index in [1.54, 1.807) is 40.3 Å². The van der Waals surface area contributed by atoms with E-state index >= 15 is 0 Å². The minimum absolute atomic E-state index is 0.114. The molecule has 0 atom stereocenters. The van der Waals surface area contributed by atoms with Crippen molar-refractivity contribution in [3.63, 3.8) is 0 Å². The van der Waals surface area contributed by atoms with Crippen LogP contribution in [0.3, 0.4) is 0 Å². The lowest BCUT2D eigenvalue weighted by Crippen LogP contribution is -2.57. The molecular weight excluding hydrogens is 386 g/mol. The Morgan fingerprint density at radius 3 is 2.00 bits per heavy atom. The van der Waals surface area contributed by atoms with Crippen molar-refractivity contribution in [3.8, 4) is 11.5 Å². The minimum atomic E-state index is -1.24. The summed E-state index contributed by atoms with van der Waals surface area (Å²) < 4.78 is 21.8. The molecule has 1 aliphatic carbocycles. The number of methoxy groups -OCH3 is 2. The number of rotatable bonds is 7. The number of carbonyl (C=O) groups excluding carboxylic acids is 2. The second kappa shape index (κ2) is 9.07. The van der Waals surface area contributed by atoms with Crippen LogP contribution < -0.4 is 9.47 Å². The van der Waals surface area contributed by atoms with E-state index in [1.165, 1.54) is 4.90 Å². The van der Waals surface area contributed by atoms with Gasteiger partial charge in [-0.25, -0.2) is 9.59 Å². The molecule has 0 radical (unpaired) electrons. The van der Waals surface area contributed by atoms with Crippen LogP contribution in [0, 0.1) is 0 Å². The molecule has 7 nitrogen and oxygen atoms in total. The van der Waals surface area contributed by atoms with E-state index < -0.39 is 17.6 Å². The van der Waals surface area contributed by atoms with Crippen molar-refractivity contribution in [1.29, 1.82) is 0 Å². The number of amides is 1. The summed E-state index contributed by atoms with van der Waals surface area (Å²) in [4.78, 5) is 27.4. The fourth-order valence-corrected chi connectivity index (χ4v) is 3.84. The third kappa shape index (κ3) is 3.92. The topological polar surface area (TPSA) is 74.3 Å². The number of fused-ring (bicyclic) bond motifs is 1. The molecule has 0 spiro atoms. The van der Waals surface area contributed by atoms with Crippen molar-refractivity contribution in [2.75, 3.05) is 27.9 Å². The summed E-state index contributed by atoms with van der Waals surface area (Å²) in [5.41, 5.74) is 1.27. The van der Waals surface area contributed by atoms with E-state index in [1.807, 2.05) is 30.3 Å². The van der Waals surface area contributed by atoms with Crippen molar-refractivity contribution >= 4 is 12.1 Å². The highest BCUT2D eigenvalue weighted by molar-refractivity contribution is 5.88. The zero-order valence-corrected chi connectivity index (χ0v) is 17.8. The van der Waals surface area contributed by atoms with E-state index in [0.29, 0.717) is 11.5 Å². The van der Waals surface area contributed by atoms with Gasteiger partial charge in [0.1, 0.15) is 18.1 Å². The van der Waals surface area contributed by atoms with Crippen molar-refractivity contribution in [2.24, 2.45) is 0 Å². The third-order valence-corrected chi connectivity index (χ3v) is 5.50. The molecule has 3 rings (SSSR count). The van der Waals surface area contributed by atoms with Crippen LogP contribution in [0.15, 0.2) is 42.5 Å². The zero-order valence-electron chi connectivity index (χ0n) is 17.8. The SMILES string of the molecule is CCOC(=O)C1(N(C)C(=O)OCc2ccccc2)Cc2c(OC)ccc(OC)c2C1. The molecule has 0 aliphatic heterocycles. The average molecular weight is 413 g/mol. The van der Waals surface area contributed by atoms with Crippen LogP contribution >= 0.6 is 0 Å². The molecule has 1 amide bonds. The van der Waals surface area contributed by atoms with Crippen LogP contribution in [-0.4, -0.2) is 50.4 Å². The van der Waals surface area contributed by atoms with Gasteiger partial charge in [0.05, 0.1) is 20.8 Å². The Hall–Kier alpha value is -3.22. The largest absolute Gasteiger partial charge is 0.496 e. The summed E-state index contributed by atoms with van der Waals surface area (Å²) in [6.07, 6.45) is -0.102. The Morgan fingerprint density at radius 2 is 1.50 bits per heavy atom. The molecule has 160 valence electrons. The van der Waals surface area contributed by atoms with Gasteiger partial charge in [-0.1, -0.05) is 30.3 Å². The smallest absolute Gasteiger partial charge is 0.410 e. The van der Waals surface area contributed by atoms with Gasteiger partial charge in [-0.15, -0.1) is 0 Å². The van der Waals surface area contributed by atoms with Crippen LogP contribution in [-0.2, 0) is 33.7 Å². The molecule has 7 heteroatoms. The predicted octanol–water partition coefficient (Wildman–Crippen LogP) is 3.37. The van der Waals surface area contributed by atoms with E-state index in [9.17, 15) is 9.59 Å². The molecule has 1 aliphatic rings. The summed E-state index contributed by atoms with van der Waals surface area (Å²) in [5.74, 6) is 0.801. The monoisotopic (exact) mass is 413 g/mol. The van der Waals surface area contributed by atoms with Gasteiger partial charge >= 0.3 is 12.1 Å². The van der Waals surface area contributed by atoms with Gasteiger partial charge in [0.25, 0.3) is 0 Å². The molecule has 0 N–H and O–H groups in total. The first-order valence-corrected chi connectivity index (χ1v) is 9.81. The highest BCUT2D eigenvalue weighted by atomic mass is 16.6. The number of benzene rings is 2. The maximum Gasteiger partial charge on any atom is 0.410 e. The van der Waals surface area contributed by atoms with Crippen LogP contribution in [0.25, 0.3) is 0 Å². The van der Waals surface area contributed by atoms with Gasteiger partial charge in [-0.3, -0.25) is 4.90 Å². The van der Waals surface area contributed by atoms with Gasteiger partial charge < -0.3 is 18.9 Å². The molecule has 0 saturated carbocycles. The first-order valence-electron chi connectivity index (χ1n) is 9.81.